The van der Waals surface area contributed by atoms with Crippen LogP contribution >= 0.6 is 11.6 Å². The van der Waals surface area contributed by atoms with E-state index in [-0.39, 0.29) is 30.4 Å². The lowest BCUT2D eigenvalue weighted by Gasteiger charge is -2.36. The number of hydrogen-bond acceptors (Lipinski definition) is 3. The fourth-order valence-electron chi connectivity index (χ4n) is 3.28. The maximum absolute atomic E-state index is 13.3. The summed E-state index contributed by atoms with van der Waals surface area (Å²) in [6, 6.07) is 19.6. The van der Waals surface area contributed by atoms with Crippen molar-refractivity contribution < 1.29 is 14.3 Å². The van der Waals surface area contributed by atoms with Crippen molar-refractivity contribution in [3.8, 4) is 0 Å². The average molecular weight is 387 g/mol. The summed E-state index contributed by atoms with van der Waals surface area (Å²) < 4.78 is 5.06. The molecule has 2 aromatic carbocycles. The lowest BCUT2D eigenvalue weighted by Crippen LogP contribution is -2.51. The van der Waals surface area contributed by atoms with E-state index in [0.717, 1.165) is 11.1 Å². The minimum Gasteiger partial charge on any atom is -0.448 e. The normalized spacial score (nSPS) is 14.3. The van der Waals surface area contributed by atoms with Crippen LogP contribution in [0, 0.1) is 0 Å². The van der Waals surface area contributed by atoms with Gasteiger partial charge in [-0.25, -0.2) is 4.79 Å². The third-order valence-corrected chi connectivity index (χ3v) is 4.82. The molecule has 6 heteroatoms. The van der Waals surface area contributed by atoms with Gasteiger partial charge < -0.3 is 14.5 Å². The minimum absolute atomic E-state index is 0.0566. The summed E-state index contributed by atoms with van der Waals surface area (Å²) in [6.07, 6.45) is -0.370. The molecule has 1 aliphatic heterocycles. The van der Waals surface area contributed by atoms with Crippen LogP contribution < -0.4 is 0 Å². The van der Waals surface area contributed by atoms with Crippen molar-refractivity contribution in [3.05, 3.63) is 71.8 Å². The summed E-state index contributed by atoms with van der Waals surface area (Å²) in [7, 11) is 0. The second-order valence-electron chi connectivity index (χ2n) is 6.37. The minimum atomic E-state index is -0.370. The Morgan fingerprint density at radius 1 is 0.852 bits per heavy atom. The number of benzene rings is 2. The summed E-state index contributed by atoms with van der Waals surface area (Å²) >= 11 is 5.55. The highest BCUT2D eigenvalue weighted by molar-refractivity contribution is 6.18. The van der Waals surface area contributed by atoms with Crippen molar-refractivity contribution in [1.82, 2.24) is 9.80 Å². The van der Waals surface area contributed by atoms with E-state index >= 15 is 0 Å². The van der Waals surface area contributed by atoms with Crippen molar-refractivity contribution in [2.45, 2.75) is 5.92 Å². The first-order valence-electron chi connectivity index (χ1n) is 9.07. The van der Waals surface area contributed by atoms with Gasteiger partial charge in [-0.3, -0.25) is 4.79 Å². The SMILES string of the molecule is O=C(OCCCl)N1CCN(C(=O)C(c2ccccc2)c2ccccc2)CC1. The van der Waals surface area contributed by atoms with Crippen LogP contribution in [0.4, 0.5) is 4.79 Å². The number of carbonyl (C=O) groups is 2. The number of halogens is 1. The maximum atomic E-state index is 13.3. The average Bonchev–Trinajstić information content (AvgIpc) is 2.74. The van der Waals surface area contributed by atoms with Crippen molar-refractivity contribution in [3.63, 3.8) is 0 Å². The summed E-state index contributed by atoms with van der Waals surface area (Å²) in [5.74, 6) is -0.0108. The van der Waals surface area contributed by atoms with Gasteiger partial charge in [0.05, 0.1) is 11.8 Å². The van der Waals surface area contributed by atoms with E-state index in [0.29, 0.717) is 26.2 Å². The highest BCUT2D eigenvalue weighted by Gasteiger charge is 2.31. The summed E-state index contributed by atoms with van der Waals surface area (Å²) in [5, 5.41) is 0. The molecule has 2 aromatic rings. The Bertz CT molecular complexity index is 707. The molecule has 0 unspecified atom stereocenters. The number of hydrogen-bond donors (Lipinski definition) is 0. The van der Waals surface area contributed by atoms with Crippen LogP contribution in [-0.2, 0) is 9.53 Å². The van der Waals surface area contributed by atoms with Gasteiger partial charge in [0.2, 0.25) is 5.91 Å². The highest BCUT2D eigenvalue weighted by atomic mass is 35.5. The quantitative estimate of drug-likeness (QED) is 0.740. The van der Waals surface area contributed by atoms with Crippen LogP contribution in [0.1, 0.15) is 17.0 Å². The molecule has 27 heavy (non-hydrogen) atoms. The third-order valence-electron chi connectivity index (χ3n) is 4.66. The Morgan fingerprint density at radius 2 is 1.33 bits per heavy atom. The van der Waals surface area contributed by atoms with Crippen LogP contribution in [0.5, 0.6) is 0 Å². The number of amides is 2. The first kappa shape index (κ1) is 19.2. The lowest BCUT2D eigenvalue weighted by atomic mass is 9.90. The molecular formula is C21H23ClN2O3. The second-order valence-corrected chi connectivity index (χ2v) is 6.75. The van der Waals surface area contributed by atoms with Crippen molar-refractivity contribution in [2.75, 3.05) is 38.7 Å². The van der Waals surface area contributed by atoms with Gasteiger partial charge in [-0.05, 0) is 11.1 Å². The second kappa shape index (κ2) is 9.42. The molecule has 0 spiro atoms. The largest absolute Gasteiger partial charge is 0.448 e. The van der Waals surface area contributed by atoms with E-state index in [1.165, 1.54) is 0 Å². The van der Waals surface area contributed by atoms with Crippen molar-refractivity contribution in [1.29, 1.82) is 0 Å². The predicted octanol–water partition coefficient (Wildman–Crippen LogP) is 3.34. The van der Waals surface area contributed by atoms with Gasteiger partial charge in [-0.2, -0.15) is 0 Å². The molecule has 0 saturated carbocycles. The molecule has 1 saturated heterocycles. The maximum Gasteiger partial charge on any atom is 0.409 e. The Balaban J connectivity index is 1.72. The Kier molecular flexibility index (Phi) is 6.71. The lowest BCUT2D eigenvalue weighted by molar-refractivity contribution is -0.133. The Morgan fingerprint density at radius 3 is 1.81 bits per heavy atom. The molecule has 1 fully saturated rings. The summed E-state index contributed by atoms with van der Waals surface area (Å²) in [4.78, 5) is 28.7. The van der Waals surface area contributed by atoms with Crippen LogP contribution in [0.2, 0.25) is 0 Å². The van der Waals surface area contributed by atoms with Gasteiger partial charge in [0.25, 0.3) is 0 Å². The van der Waals surface area contributed by atoms with E-state index in [1.54, 1.807) is 4.90 Å². The summed E-state index contributed by atoms with van der Waals surface area (Å²) in [6.45, 7) is 2.10. The van der Waals surface area contributed by atoms with Crippen LogP contribution in [0.3, 0.4) is 0 Å². The molecule has 1 heterocycles. The zero-order chi connectivity index (χ0) is 19.1. The first-order valence-corrected chi connectivity index (χ1v) is 9.60. The molecule has 2 amide bonds. The molecule has 0 atom stereocenters. The van der Waals surface area contributed by atoms with Gasteiger partial charge in [-0.1, -0.05) is 60.7 Å². The van der Waals surface area contributed by atoms with Gasteiger partial charge in [0, 0.05) is 26.2 Å². The van der Waals surface area contributed by atoms with Gasteiger partial charge in [-0.15, -0.1) is 11.6 Å². The molecule has 0 radical (unpaired) electrons. The fourth-order valence-corrected chi connectivity index (χ4v) is 3.35. The molecule has 142 valence electrons. The molecule has 0 bridgehead atoms. The standard InChI is InChI=1S/C21H23ClN2O3/c22-11-16-27-21(26)24-14-12-23(13-15-24)20(25)19(17-7-3-1-4-8-17)18-9-5-2-6-10-18/h1-10,19H,11-16H2. The summed E-state index contributed by atoms with van der Waals surface area (Å²) in [5.41, 5.74) is 1.94. The topological polar surface area (TPSA) is 49.9 Å². The molecular weight excluding hydrogens is 364 g/mol. The number of piperazine rings is 1. The Labute approximate surface area is 164 Å². The molecule has 1 aliphatic rings. The number of nitrogens with zero attached hydrogens (tertiary/aromatic N) is 2. The van der Waals surface area contributed by atoms with Crippen LogP contribution in [0.25, 0.3) is 0 Å². The molecule has 0 aromatic heterocycles. The smallest absolute Gasteiger partial charge is 0.409 e. The number of carbonyl (C=O) groups excluding carboxylic acids is 2. The van der Waals surface area contributed by atoms with Gasteiger partial charge in [0.1, 0.15) is 6.61 Å². The van der Waals surface area contributed by atoms with Gasteiger partial charge in [0.15, 0.2) is 0 Å². The Hall–Kier alpha value is -2.53. The van der Waals surface area contributed by atoms with Gasteiger partial charge >= 0.3 is 6.09 Å². The zero-order valence-corrected chi connectivity index (χ0v) is 15.8. The molecule has 3 rings (SSSR count). The first-order chi connectivity index (χ1) is 13.2. The number of rotatable bonds is 5. The molecule has 5 nitrogen and oxygen atoms in total. The monoisotopic (exact) mass is 386 g/mol. The highest BCUT2D eigenvalue weighted by Crippen LogP contribution is 2.27. The van der Waals surface area contributed by atoms with E-state index in [2.05, 4.69) is 0 Å². The van der Waals surface area contributed by atoms with E-state index in [4.69, 9.17) is 16.3 Å². The van der Waals surface area contributed by atoms with E-state index in [9.17, 15) is 9.59 Å². The van der Waals surface area contributed by atoms with E-state index in [1.807, 2.05) is 65.6 Å². The third kappa shape index (κ3) is 4.80. The number of ether oxygens (including phenoxy) is 1. The predicted molar refractivity (Wildman–Crippen MR) is 105 cm³/mol. The molecule has 0 N–H and O–H groups in total. The fraction of sp³-hybridized carbons (Fsp3) is 0.333. The molecule has 0 aliphatic carbocycles. The van der Waals surface area contributed by atoms with Crippen molar-refractivity contribution >= 4 is 23.6 Å². The zero-order valence-electron chi connectivity index (χ0n) is 15.1. The van der Waals surface area contributed by atoms with Crippen LogP contribution in [-0.4, -0.2) is 60.5 Å². The van der Waals surface area contributed by atoms with E-state index < -0.39 is 0 Å². The van der Waals surface area contributed by atoms with Crippen LogP contribution in [0.15, 0.2) is 60.7 Å². The van der Waals surface area contributed by atoms with Crippen molar-refractivity contribution in [2.24, 2.45) is 0 Å². The number of alkyl halides is 1.